The molecule has 0 spiro atoms. The highest BCUT2D eigenvalue weighted by Gasteiger charge is 2.54. The van der Waals surface area contributed by atoms with Crippen molar-refractivity contribution in [2.45, 2.75) is 70.5 Å². The number of rotatable bonds is 5. The zero-order valence-electron chi connectivity index (χ0n) is 16.3. The Labute approximate surface area is 170 Å². The summed E-state index contributed by atoms with van der Waals surface area (Å²) in [6.07, 6.45) is 5.80. The molecule has 4 fully saturated rings. The predicted octanol–water partition coefficient (Wildman–Crippen LogP) is 6.38. The number of hydrogen-bond donors (Lipinski definition) is 2. The van der Waals surface area contributed by atoms with Gasteiger partial charge in [0, 0.05) is 11.7 Å². The molecule has 1 atom stereocenters. The lowest BCUT2D eigenvalue weighted by molar-refractivity contribution is -0.137. The first-order valence-electron chi connectivity index (χ1n) is 10.5. The van der Waals surface area contributed by atoms with E-state index in [0.717, 1.165) is 42.7 Å². The average molecular weight is 411 g/mol. The van der Waals surface area contributed by atoms with Crippen molar-refractivity contribution in [3.63, 3.8) is 0 Å². The lowest BCUT2D eigenvalue weighted by atomic mass is 9.47. The molecule has 154 valence electrons. The van der Waals surface area contributed by atoms with Crippen molar-refractivity contribution in [1.82, 2.24) is 5.32 Å². The van der Waals surface area contributed by atoms with Crippen LogP contribution in [0.3, 0.4) is 0 Å². The second kappa shape index (κ2) is 7.51. The van der Waals surface area contributed by atoms with Crippen molar-refractivity contribution in [3.8, 4) is 0 Å². The third kappa shape index (κ3) is 4.03. The fourth-order valence-electron chi connectivity index (χ4n) is 6.52. The summed E-state index contributed by atoms with van der Waals surface area (Å²) in [5.74, 6) is 2.58. The van der Waals surface area contributed by atoms with Crippen LogP contribution < -0.4 is 10.6 Å². The summed E-state index contributed by atoms with van der Waals surface area (Å²) in [6.45, 7) is 2.19. The molecule has 0 aliphatic heterocycles. The van der Waals surface area contributed by atoms with Gasteiger partial charge in [0.2, 0.25) is 0 Å². The third-order valence-electron chi connectivity index (χ3n) is 7.16. The fourth-order valence-corrected chi connectivity index (χ4v) is 6.78. The van der Waals surface area contributed by atoms with E-state index in [-0.39, 0.29) is 0 Å². The van der Waals surface area contributed by atoms with Crippen LogP contribution in [0, 0.1) is 23.2 Å². The van der Waals surface area contributed by atoms with Crippen molar-refractivity contribution in [2.24, 2.45) is 23.2 Å². The second-order valence-electron chi connectivity index (χ2n) is 9.30. The molecule has 2 N–H and O–H groups in total. The maximum absolute atomic E-state index is 13.0. The van der Waals surface area contributed by atoms with E-state index in [2.05, 4.69) is 17.6 Å². The maximum atomic E-state index is 13.0. The van der Waals surface area contributed by atoms with Crippen LogP contribution >= 0.6 is 12.2 Å². The van der Waals surface area contributed by atoms with Gasteiger partial charge in [-0.3, -0.25) is 0 Å². The molecule has 2 nitrogen and oxygen atoms in total. The van der Waals surface area contributed by atoms with E-state index in [4.69, 9.17) is 12.2 Å². The summed E-state index contributed by atoms with van der Waals surface area (Å²) in [4.78, 5) is 0. The fraction of sp³-hybridized carbons (Fsp3) is 0.682. The molecule has 5 rings (SSSR count). The van der Waals surface area contributed by atoms with Crippen molar-refractivity contribution in [1.29, 1.82) is 0 Å². The van der Waals surface area contributed by atoms with Crippen LogP contribution in [0.25, 0.3) is 0 Å². The van der Waals surface area contributed by atoms with Crippen molar-refractivity contribution in [2.75, 3.05) is 5.32 Å². The number of nitrogens with one attached hydrogen (secondary N) is 2. The summed E-state index contributed by atoms with van der Waals surface area (Å²) in [5, 5.41) is 6.95. The Morgan fingerprint density at radius 3 is 2.29 bits per heavy atom. The number of halogens is 3. The quantitative estimate of drug-likeness (QED) is 0.551. The van der Waals surface area contributed by atoms with Crippen LogP contribution in [0.1, 0.15) is 63.9 Å². The SMILES string of the molecule is CCCC(NC(=S)Nc1cccc(C(F)(F)F)c1)C12CC3CC(CC(C3)C1)C2. The largest absolute Gasteiger partial charge is 0.416 e. The van der Waals surface area contributed by atoms with Crippen molar-refractivity contribution < 1.29 is 13.2 Å². The Morgan fingerprint density at radius 1 is 1.14 bits per heavy atom. The molecule has 1 unspecified atom stereocenters. The molecule has 4 aliphatic carbocycles. The Morgan fingerprint density at radius 2 is 1.75 bits per heavy atom. The molecule has 6 heteroatoms. The molecule has 1 aromatic carbocycles. The molecule has 0 amide bonds. The van der Waals surface area contributed by atoms with Gasteiger partial charge in [-0.1, -0.05) is 19.4 Å². The summed E-state index contributed by atoms with van der Waals surface area (Å²) in [6, 6.07) is 5.54. The van der Waals surface area contributed by atoms with Crippen molar-refractivity contribution >= 4 is 23.0 Å². The van der Waals surface area contributed by atoms with Crippen LogP contribution in [-0.4, -0.2) is 11.2 Å². The maximum Gasteiger partial charge on any atom is 0.416 e. The van der Waals surface area contributed by atoms with Gasteiger partial charge < -0.3 is 10.6 Å². The van der Waals surface area contributed by atoms with E-state index in [9.17, 15) is 13.2 Å². The molecule has 4 bridgehead atoms. The Hall–Kier alpha value is -1.30. The molecular formula is C22H29F3N2S. The van der Waals surface area contributed by atoms with Gasteiger partial charge in [0.25, 0.3) is 0 Å². The zero-order chi connectivity index (χ0) is 19.9. The standard InChI is InChI=1S/C22H29F3N2S/c1-2-4-19(21-11-14-7-15(12-21)9-16(8-14)13-21)27-20(28)26-18-6-3-5-17(10-18)22(23,24)25/h3,5-6,10,14-16,19H,2,4,7-9,11-13H2,1H3,(H2,26,27,28). The number of benzene rings is 1. The molecule has 4 saturated carbocycles. The normalized spacial score (nSPS) is 32.2. The molecular weight excluding hydrogens is 381 g/mol. The highest BCUT2D eigenvalue weighted by molar-refractivity contribution is 7.80. The Kier molecular flexibility index (Phi) is 5.36. The van der Waals surface area contributed by atoms with Gasteiger partial charge >= 0.3 is 6.18 Å². The third-order valence-corrected chi connectivity index (χ3v) is 7.38. The lowest BCUT2D eigenvalue weighted by Gasteiger charge is -2.59. The monoisotopic (exact) mass is 410 g/mol. The van der Waals surface area contributed by atoms with Gasteiger partial charge in [0.05, 0.1) is 5.56 Å². The van der Waals surface area contributed by atoms with E-state index in [1.807, 2.05) is 0 Å². The zero-order valence-corrected chi connectivity index (χ0v) is 17.1. The van der Waals surface area contributed by atoms with Gasteiger partial charge in [0.15, 0.2) is 5.11 Å². The van der Waals surface area contributed by atoms with Gasteiger partial charge in [-0.25, -0.2) is 0 Å². The first-order valence-corrected chi connectivity index (χ1v) is 10.9. The van der Waals surface area contributed by atoms with Gasteiger partial charge in [-0.15, -0.1) is 0 Å². The topological polar surface area (TPSA) is 24.1 Å². The van der Waals surface area contributed by atoms with Crippen LogP contribution in [0.5, 0.6) is 0 Å². The highest BCUT2D eigenvalue weighted by Crippen LogP contribution is 2.61. The minimum Gasteiger partial charge on any atom is -0.359 e. The summed E-state index contributed by atoms with van der Waals surface area (Å²) in [5.41, 5.74) is 0.0317. The second-order valence-corrected chi connectivity index (χ2v) is 9.71. The van der Waals surface area contributed by atoms with Crippen LogP contribution in [-0.2, 0) is 6.18 Å². The molecule has 0 aromatic heterocycles. The lowest BCUT2D eigenvalue weighted by Crippen LogP contribution is -2.57. The van der Waals surface area contributed by atoms with Gasteiger partial charge in [-0.05, 0) is 98.5 Å². The van der Waals surface area contributed by atoms with E-state index in [1.165, 1.54) is 44.6 Å². The number of thiocarbonyl (C=S) groups is 1. The van der Waals surface area contributed by atoms with Crippen molar-refractivity contribution in [3.05, 3.63) is 29.8 Å². The van der Waals surface area contributed by atoms with Gasteiger partial charge in [0.1, 0.15) is 0 Å². The Balaban J connectivity index is 1.46. The first-order chi connectivity index (χ1) is 13.3. The molecule has 0 saturated heterocycles. The molecule has 28 heavy (non-hydrogen) atoms. The Bertz CT molecular complexity index is 695. The number of hydrogen-bond acceptors (Lipinski definition) is 1. The van der Waals surface area contributed by atoms with E-state index >= 15 is 0 Å². The van der Waals surface area contributed by atoms with Crippen LogP contribution in [0.15, 0.2) is 24.3 Å². The van der Waals surface area contributed by atoms with E-state index in [1.54, 1.807) is 6.07 Å². The molecule has 1 aromatic rings. The first kappa shape index (κ1) is 20.0. The average Bonchev–Trinajstić information content (AvgIpc) is 2.59. The minimum atomic E-state index is -4.35. The summed E-state index contributed by atoms with van der Waals surface area (Å²) < 4.78 is 38.9. The van der Waals surface area contributed by atoms with Crippen LogP contribution in [0.2, 0.25) is 0 Å². The molecule has 0 radical (unpaired) electrons. The van der Waals surface area contributed by atoms with E-state index < -0.39 is 11.7 Å². The molecule has 0 heterocycles. The summed E-state index contributed by atoms with van der Waals surface area (Å²) in [7, 11) is 0. The van der Waals surface area contributed by atoms with Crippen LogP contribution in [0.4, 0.5) is 18.9 Å². The number of anilines is 1. The minimum absolute atomic E-state index is 0.302. The summed E-state index contributed by atoms with van der Waals surface area (Å²) >= 11 is 5.51. The van der Waals surface area contributed by atoms with E-state index in [0.29, 0.717) is 22.3 Å². The molecule has 4 aliphatic rings. The number of alkyl halides is 3. The predicted molar refractivity (Wildman–Crippen MR) is 110 cm³/mol. The smallest absolute Gasteiger partial charge is 0.359 e. The van der Waals surface area contributed by atoms with Gasteiger partial charge in [-0.2, -0.15) is 13.2 Å². The highest BCUT2D eigenvalue weighted by atomic mass is 32.1.